The summed E-state index contributed by atoms with van der Waals surface area (Å²) < 4.78 is 5.18. The van der Waals surface area contributed by atoms with E-state index in [2.05, 4.69) is 53.9 Å². The Hall–Kier alpha value is -2.21. The van der Waals surface area contributed by atoms with Gasteiger partial charge in [-0.2, -0.15) is 11.8 Å². The number of nitrogens with one attached hydrogen (secondary N) is 1. The van der Waals surface area contributed by atoms with Crippen LogP contribution in [0.4, 0.5) is 4.79 Å². The second-order valence-electron chi connectivity index (χ2n) is 8.18. The van der Waals surface area contributed by atoms with Gasteiger partial charge in [-0.3, -0.25) is 0 Å². The fourth-order valence-electron chi connectivity index (χ4n) is 3.82. The molecule has 28 heavy (non-hydrogen) atoms. The highest BCUT2D eigenvalue weighted by atomic mass is 32.2. The highest BCUT2D eigenvalue weighted by Crippen LogP contribution is 2.50. The van der Waals surface area contributed by atoms with Crippen molar-refractivity contribution in [3.05, 3.63) is 59.7 Å². The number of alkyl carbamates (subject to hydrolysis) is 1. The molecular formula is C22H27NO4S. The molecule has 1 aromatic carbocycles. The van der Waals surface area contributed by atoms with Crippen molar-refractivity contribution in [2.24, 2.45) is 5.92 Å². The number of fused-ring (bicyclic) bond motifs is 3. The molecule has 150 valence electrons. The molecule has 5 nitrogen and oxygen atoms in total. The minimum absolute atomic E-state index is 0.296. The molecule has 0 spiro atoms. The van der Waals surface area contributed by atoms with E-state index in [-0.39, 0.29) is 0 Å². The number of carboxylic acids is 1. The predicted octanol–water partition coefficient (Wildman–Crippen LogP) is 4.32. The van der Waals surface area contributed by atoms with E-state index >= 15 is 0 Å². The van der Waals surface area contributed by atoms with Crippen LogP contribution in [0.2, 0.25) is 0 Å². The van der Waals surface area contributed by atoms with Crippen LogP contribution in [0.1, 0.15) is 43.7 Å². The molecule has 3 rings (SSSR count). The van der Waals surface area contributed by atoms with E-state index < -0.39 is 23.7 Å². The summed E-state index contributed by atoms with van der Waals surface area (Å²) >= 11 is 1.56. The quantitative estimate of drug-likeness (QED) is 0.742. The van der Waals surface area contributed by atoms with E-state index in [9.17, 15) is 14.7 Å². The molecule has 2 N–H and O–H groups in total. The molecule has 2 aliphatic rings. The molecule has 1 amide bonds. The van der Waals surface area contributed by atoms with E-state index in [1.165, 1.54) is 11.1 Å². The topological polar surface area (TPSA) is 75.6 Å². The number of carbonyl (C=O) groups is 2. The number of ether oxygens (including phenoxy) is 1. The first-order valence-electron chi connectivity index (χ1n) is 9.50. The largest absolute Gasteiger partial charge is 0.480 e. The molecule has 0 saturated carbocycles. The zero-order valence-corrected chi connectivity index (χ0v) is 17.2. The van der Waals surface area contributed by atoms with E-state index in [0.717, 1.165) is 5.75 Å². The molecule has 0 bridgehead atoms. The van der Waals surface area contributed by atoms with Gasteiger partial charge < -0.3 is 15.2 Å². The van der Waals surface area contributed by atoms with Crippen molar-refractivity contribution in [3.8, 4) is 0 Å². The summed E-state index contributed by atoms with van der Waals surface area (Å²) in [6, 6.07) is 7.52. The lowest BCUT2D eigenvalue weighted by Gasteiger charge is -2.24. The normalized spacial score (nSPS) is 23.6. The number of allylic oxidation sites excluding steroid dienone is 4. The molecule has 0 radical (unpaired) electrons. The third-order valence-corrected chi connectivity index (χ3v) is 6.13. The summed E-state index contributed by atoms with van der Waals surface area (Å²) in [6.45, 7) is 5.24. The fraction of sp³-hybridized carbons (Fsp3) is 0.455. The lowest BCUT2D eigenvalue weighted by molar-refractivity contribution is -0.138. The summed E-state index contributed by atoms with van der Waals surface area (Å²) in [5.41, 5.74) is 2.04. The predicted molar refractivity (Wildman–Crippen MR) is 112 cm³/mol. The molecule has 0 saturated heterocycles. The second-order valence-corrected chi connectivity index (χ2v) is 9.26. The Bertz CT molecular complexity index is 796. The van der Waals surface area contributed by atoms with Crippen LogP contribution in [0, 0.1) is 5.92 Å². The van der Waals surface area contributed by atoms with Crippen LogP contribution in [0.5, 0.6) is 0 Å². The van der Waals surface area contributed by atoms with Crippen molar-refractivity contribution in [1.29, 1.82) is 0 Å². The third-order valence-electron chi connectivity index (χ3n) is 4.97. The maximum atomic E-state index is 11.9. The van der Waals surface area contributed by atoms with Crippen LogP contribution in [-0.4, -0.2) is 40.3 Å². The van der Waals surface area contributed by atoms with Crippen molar-refractivity contribution in [2.75, 3.05) is 11.5 Å². The lowest BCUT2D eigenvalue weighted by atomic mass is 9.85. The monoisotopic (exact) mass is 401 g/mol. The number of benzene rings is 1. The van der Waals surface area contributed by atoms with Crippen molar-refractivity contribution in [3.63, 3.8) is 0 Å². The molecule has 1 aromatic rings. The van der Waals surface area contributed by atoms with Gasteiger partial charge in [0.05, 0.1) is 0 Å². The van der Waals surface area contributed by atoms with Gasteiger partial charge in [0, 0.05) is 23.3 Å². The number of hydrogen-bond donors (Lipinski definition) is 2. The minimum Gasteiger partial charge on any atom is -0.480 e. The van der Waals surface area contributed by atoms with Crippen molar-refractivity contribution in [2.45, 2.75) is 44.2 Å². The van der Waals surface area contributed by atoms with Gasteiger partial charge in [-0.1, -0.05) is 48.6 Å². The van der Waals surface area contributed by atoms with Gasteiger partial charge in [0.1, 0.15) is 11.6 Å². The van der Waals surface area contributed by atoms with Crippen LogP contribution < -0.4 is 5.32 Å². The molecule has 6 heteroatoms. The van der Waals surface area contributed by atoms with Crippen LogP contribution in [0.3, 0.4) is 0 Å². The highest BCUT2D eigenvalue weighted by molar-refractivity contribution is 7.99. The van der Waals surface area contributed by atoms with Crippen LogP contribution in [0.25, 0.3) is 0 Å². The van der Waals surface area contributed by atoms with Gasteiger partial charge in [-0.25, -0.2) is 9.59 Å². The Labute approximate surface area is 170 Å². The Balaban J connectivity index is 1.61. The number of thioether (sulfide) groups is 1. The van der Waals surface area contributed by atoms with Crippen LogP contribution in [0.15, 0.2) is 48.6 Å². The Morgan fingerprint density at radius 3 is 2.54 bits per heavy atom. The molecule has 3 unspecified atom stereocenters. The number of carbonyl (C=O) groups excluding carboxylic acids is 1. The van der Waals surface area contributed by atoms with Gasteiger partial charge in [-0.05, 0) is 37.8 Å². The molecule has 0 aliphatic heterocycles. The zero-order valence-electron chi connectivity index (χ0n) is 16.4. The van der Waals surface area contributed by atoms with Gasteiger partial charge in [0.25, 0.3) is 0 Å². The smallest absolute Gasteiger partial charge is 0.408 e. The van der Waals surface area contributed by atoms with Crippen molar-refractivity contribution >= 4 is 23.8 Å². The number of rotatable bonds is 6. The molecule has 0 fully saturated rings. The number of aliphatic carboxylic acids is 1. The standard InChI is InChI=1S/C22H27NO4S/c1-22(2,3)27-21(26)23-19(20(24)25)13-28-12-18-16-10-6-4-8-14(16)15-9-5-7-11-17(15)18/h4-11,14,16,18-19H,12-13H2,1-3H3,(H,23,26)(H,24,25)/t14?,16?,18?,19-/m1/s1. The van der Waals surface area contributed by atoms with E-state index in [4.69, 9.17) is 4.74 Å². The minimum atomic E-state index is -1.05. The molecular weight excluding hydrogens is 374 g/mol. The Morgan fingerprint density at radius 1 is 1.18 bits per heavy atom. The lowest BCUT2D eigenvalue weighted by Crippen LogP contribution is -2.45. The average Bonchev–Trinajstić information content (AvgIpc) is 2.94. The number of carboxylic acid groups (broad SMARTS) is 1. The molecule has 0 aromatic heterocycles. The van der Waals surface area contributed by atoms with Crippen molar-refractivity contribution in [1.82, 2.24) is 5.32 Å². The maximum absolute atomic E-state index is 11.9. The van der Waals surface area contributed by atoms with Crippen LogP contribution >= 0.6 is 11.8 Å². The third kappa shape index (κ3) is 4.79. The summed E-state index contributed by atoms with van der Waals surface area (Å²) in [6.07, 6.45) is 7.99. The van der Waals surface area contributed by atoms with Crippen molar-refractivity contribution < 1.29 is 19.4 Å². The summed E-state index contributed by atoms with van der Waals surface area (Å²) in [5, 5.41) is 11.9. The first-order chi connectivity index (χ1) is 13.3. The van der Waals surface area contributed by atoms with Gasteiger partial charge >= 0.3 is 12.1 Å². The van der Waals surface area contributed by atoms with E-state index in [1.807, 2.05) is 0 Å². The average molecular weight is 402 g/mol. The number of amides is 1. The van der Waals surface area contributed by atoms with Gasteiger partial charge in [0.15, 0.2) is 0 Å². The summed E-state index contributed by atoms with van der Waals surface area (Å²) in [7, 11) is 0. The SMILES string of the molecule is CC(C)(C)OC(=O)N[C@H](CSCC1c2ccccc2C2C=CC=CC21)C(=O)O. The second kappa shape index (κ2) is 8.43. The Morgan fingerprint density at radius 2 is 1.86 bits per heavy atom. The van der Waals surface area contributed by atoms with E-state index in [0.29, 0.717) is 23.5 Å². The maximum Gasteiger partial charge on any atom is 0.408 e. The molecule has 0 heterocycles. The molecule has 2 aliphatic carbocycles. The first-order valence-corrected chi connectivity index (χ1v) is 10.7. The van der Waals surface area contributed by atoms with E-state index in [1.54, 1.807) is 32.5 Å². The van der Waals surface area contributed by atoms with Crippen LogP contribution in [-0.2, 0) is 9.53 Å². The Kier molecular flexibility index (Phi) is 6.18. The number of hydrogen-bond acceptors (Lipinski definition) is 4. The highest BCUT2D eigenvalue weighted by Gasteiger charge is 2.38. The van der Waals surface area contributed by atoms with Gasteiger partial charge in [0.2, 0.25) is 0 Å². The zero-order chi connectivity index (χ0) is 20.3. The van der Waals surface area contributed by atoms with Gasteiger partial charge in [-0.15, -0.1) is 0 Å². The first kappa shape index (κ1) is 20.5. The summed E-state index contributed by atoms with van der Waals surface area (Å²) in [4.78, 5) is 23.5. The summed E-state index contributed by atoms with van der Waals surface area (Å²) in [5.74, 6) is 1.17. The molecule has 4 atom stereocenters. The fourth-order valence-corrected chi connectivity index (χ4v) is 5.07.